The zero-order valence-electron chi connectivity index (χ0n) is 24.2. The molecule has 0 aromatic heterocycles. The number of nitrogens with one attached hydrogen (secondary N) is 1. The van der Waals surface area contributed by atoms with Gasteiger partial charge in [0.15, 0.2) is 9.84 Å². The van der Waals surface area contributed by atoms with Gasteiger partial charge in [0.2, 0.25) is 5.91 Å². The number of rotatable bonds is 15. The van der Waals surface area contributed by atoms with Crippen molar-refractivity contribution in [1.82, 2.24) is 5.32 Å². The molecule has 0 unspecified atom stereocenters. The van der Waals surface area contributed by atoms with E-state index < -0.39 is 64.1 Å². The van der Waals surface area contributed by atoms with Gasteiger partial charge in [0.1, 0.15) is 18.6 Å². The highest BCUT2D eigenvalue weighted by Crippen LogP contribution is 2.17. The number of para-hydroxylation sites is 1. The molecule has 3 N–H and O–H groups in total. The Bertz CT molecular complexity index is 1270. The van der Waals surface area contributed by atoms with Crippen LogP contribution in [0.25, 0.3) is 0 Å². The number of amides is 2. The lowest BCUT2D eigenvalue weighted by Crippen LogP contribution is -2.53. The molecule has 2 rings (SSSR count). The molecule has 0 heterocycles. The van der Waals surface area contributed by atoms with E-state index in [4.69, 9.17) is 15.2 Å². The summed E-state index contributed by atoms with van der Waals surface area (Å²) in [4.78, 5) is 52.4. The first-order valence-electron chi connectivity index (χ1n) is 13.3. The molecular formula is C29H40ClN3O8S. The summed E-state index contributed by atoms with van der Waals surface area (Å²) < 4.78 is 36.6. The predicted molar refractivity (Wildman–Crippen MR) is 162 cm³/mol. The number of anilines is 1. The Morgan fingerprint density at radius 1 is 0.881 bits per heavy atom. The molecule has 2 aromatic rings. The van der Waals surface area contributed by atoms with E-state index in [1.54, 1.807) is 88.4 Å². The lowest BCUT2D eigenvalue weighted by atomic mass is 10.1. The van der Waals surface area contributed by atoms with E-state index in [0.29, 0.717) is 11.3 Å². The number of hydrogen-bond donors (Lipinski definition) is 2. The van der Waals surface area contributed by atoms with Gasteiger partial charge < -0.3 is 20.5 Å². The first-order valence-corrected chi connectivity index (χ1v) is 15.1. The third-order valence-electron chi connectivity index (χ3n) is 5.61. The first kappa shape index (κ1) is 36.5. The standard InChI is InChI=1S/C29H39N3O8S.ClH/c1-20(2)39-27(34)17-32(23-13-9-6-10-14-23)28(35)25(19-41(37,38)18-22-11-7-5-8-12-22)31-26(33)16-15-24(30)29(36)40-21(3)4;/h5-14,20-21,24-25H,15-19,30H2,1-4H3,(H,31,33);1H/t24-,25-;/m0./s1. The van der Waals surface area contributed by atoms with Crippen LogP contribution >= 0.6 is 12.4 Å². The Morgan fingerprint density at radius 2 is 1.43 bits per heavy atom. The van der Waals surface area contributed by atoms with Gasteiger partial charge in [0.25, 0.3) is 5.91 Å². The van der Waals surface area contributed by atoms with E-state index in [2.05, 4.69) is 5.32 Å². The zero-order chi connectivity index (χ0) is 30.6. The maximum absolute atomic E-state index is 13.8. The van der Waals surface area contributed by atoms with E-state index >= 15 is 0 Å². The number of halogens is 1. The smallest absolute Gasteiger partial charge is 0.326 e. The highest BCUT2D eigenvalue weighted by Gasteiger charge is 2.33. The fourth-order valence-electron chi connectivity index (χ4n) is 3.83. The van der Waals surface area contributed by atoms with Crippen LogP contribution in [0.15, 0.2) is 60.7 Å². The highest BCUT2D eigenvalue weighted by atomic mass is 35.5. The van der Waals surface area contributed by atoms with Gasteiger partial charge in [-0.15, -0.1) is 12.4 Å². The number of nitrogens with two attached hydrogens (primary N) is 1. The van der Waals surface area contributed by atoms with E-state index in [1.807, 2.05) is 0 Å². The monoisotopic (exact) mass is 625 g/mol. The number of benzene rings is 2. The van der Waals surface area contributed by atoms with Crippen LogP contribution in [0, 0.1) is 0 Å². The molecule has 0 aliphatic rings. The number of hydrogen-bond acceptors (Lipinski definition) is 9. The Morgan fingerprint density at radius 3 is 1.98 bits per heavy atom. The fraction of sp³-hybridized carbons (Fsp3) is 0.448. The summed E-state index contributed by atoms with van der Waals surface area (Å²) in [5.41, 5.74) is 6.66. The number of sulfone groups is 1. The van der Waals surface area contributed by atoms with Crippen LogP contribution in [-0.2, 0) is 44.2 Å². The molecule has 0 bridgehead atoms. The van der Waals surface area contributed by atoms with Crippen molar-refractivity contribution in [3.63, 3.8) is 0 Å². The molecule has 2 amide bonds. The van der Waals surface area contributed by atoms with Crippen LogP contribution in [0.1, 0.15) is 46.1 Å². The molecular weight excluding hydrogens is 586 g/mol. The molecule has 42 heavy (non-hydrogen) atoms. The second kappa shape index (κ2) is 17.5. The first-order chi connectivity index (χ1) is 19.3. The quantitative estimate of drug-likeness (QED) is 0.283. The topological polar surface area (TPSA) is 162 Å². The van der Waals surface area contributed by atoms with Gasteiger partial charge in [-0.2, -0.15) is 0 Å². The fourth-order valence-corrected chi connectivity index (χ4v) is 5.38. The Kier molecular flexibility index (Phi) is 15.2. The Labute approximate surface area is 253 Å². The Balaban J connectivity index is 0.00000882. The summed E-state index contributed by atoms with van der Waals surface area (Å²) in [6, 6.07) is 14.0. The van der Waals surface area contributed by atoms with Crippen LogP contribution in [0.3, 0.4) is 0 Å². The summed E-state index contributed by atoms with van der Waals surface area (Å²) in [7, 11) is -3.92. The SMILES string of the molecule is CC(C)OC(=O)CN(C(=O)[C@H](CS(=O)(=O)Cc1ccccc1)NC(=O)CC[C@H](N)C(=O)OC(C)C)c1ccccc1.Cl. The normalized spacial score (nSPS) is 12.5. The molecule has 2 atom stereocenters. The summed E-state index contributed by atoms with van der Waals surface area (Å²) in [6.45, 7) is 6.15. The number of nitrogens with zero attached hydrogens (tertiary/aromatic N) is 1. The predicted octanol–water partition coefficient (Wildman–Crippen LogP) is 2.55. The maximum atomic E-state index is 13.8. The van der Waals surface area contributed by atoms with Gasteiger partial charge in [0.05, 0.1) is 23.7 Å². The number of esters is 2. The lowest BCUT2D eigenvalue weighted by Gasteiger charge is -2.28. The second-order valence-electron chi connectivity index (χ2n) is 10.1. The molecule has 13 heteroatoms. The summed E-state index contributed by atoms with van der Waals surface area (Å²) in [5, 5.41) is 2.49. The lowest BCUT2D eigenvalue weighted by molar-refractivity contribution is -0.149. The van der Waals surface area contributed by atoms with E-state index in [1.165, 1.54) is 0 Å². The zero-order valence-corrected chi connectivity index (χ0v) is 25.9. The van der Waals surface area contributed by atoms with E-state index in [-0.39, 0.29) is 37.1 Å². The van der Waals surface area contributed by atoms with Crippen molar-refractivity contribution in [2.45, 2.75) is 70.6 Å². The minimum absolute atomic E-state index is 0. The molecule has 0 saturated carbocycles. The van der Waals surface area contributed by atoms with Crippen molar-refractivity contribution in [2.24, 2.45) is 5.73 Å². The number of ether oxygens (including phenoxy) is 2. The molecule has 232 valence electrons. The average molecular weight is 626 g/mol. The van der Waals surface area contributed by atoms with Gasteiger partial charge in [-0.05, 0) is 51.8 Å². The van der Waals surface area contributed by atoms with E-state index in [9.17, 15) is 27.6 Å². The largest absolute Gasteiger partial charge is 0.462 e. The summed E-state index contributed by atoms with van der Waals surface area (Å²) in [6.07, 6.45) is -1.18. The number of carbonyl (C=O) groups is 4. The van der Waals surface area contributed by atoms with Gasteiger partial charge in [-0.1, -0.05) is 48.5 Å². The van der Waals surface area contributed by atoms with E-state index in [0.717, 1.165) is 4.90 Å². The molecule has 2 aromatic carbocycles. The molecule has 0 spiro atoms. The van der Waals surface area contributed by atoms with Crippen LogP contribution in [0.5, 0.6) is 0 Å². The van der Waals surface area contributed by atoms with Gasteiger partial charge in [0, 0.05) is 12.1 Å². The molecule has 0 saturated heterocycles. The second-order valence-corrected chi connectivity index (χ2v) is 12.2. The van der Waals surface area contributed by atoms with Gasteiger partial charge >= 0.3 is 11.9 Å². The minimum atomic E-state index is -3.92. The molecule has 0 radical (unpaired) electrons. The van der Waals surface area contributed by atoms with Crippen LogP contribution < -0.4 is 16.0 Å². The van der Waals surface area contributed by atoms with Crippen LogP contribution in [-0.4, -0.2) is 68.8 Å². The van der Waals surface area contributed by atoms with Crippen molar-refractivity contribution in [3.8, 4) is 0 Å². The van der Waals surface area contributed by atoms with Crippen molar-refractivity contribution >= 4 is 51.7 Å². The minimum Gasteiger partial charge on any atom is -0.462 e. The average Bonchev–Trinajstić information content (AvgIpc) is 2.89. The van der Waals surface area contributed by atoms with Crippen molar-refractivity contribution in [2.75, 3.05) is 17.2 Å². The molecule has 0 aliphatic carbocycles. The summed E-state index contributed by atoms with van der Waals surface area (Å²) in [5.74, 6) is -3.97. The van der Waals surface area contributed by atoms with Gasteiger partial charge in [-0.25, -0.2) is 8.42 Å². The number of carbonyl (C=O) groups excluding carboxylic acids is 4. The van der Waals surface area contributed by atoms with Crippen molar-refractivity contribution < 1.29 is 37.1 Å². The third kappa shape index (κ3) is 13.0. The van der Waals surface area contributed by atoms with Crippen LogP contribution in [0.4, 0.5) is 5.69 Å². The van der Waals surface area contributed by atoms with Crippen LogP contribution in [0.2, 0.25) is 0 Å². The maximum Gasteiger partial charge on any atom is 0.326 e. The molecule has 11 nitrogen and oxygen atoms in total. The molecule has 0 fully saturated rings. The van der Waals surface area contributed by atoms with Gasteiger partial charge in [-0.3, -0.25) is 24.1 Å². The third-order valence-corrected chi connectivity index (χ3v) is 7.22. The highest BCUT2D eigenvalue weighted by molar-refractivity contribution is 7.90. The molecule has 0 aliphatic heterocycles. The summed E-state index contributed by atoms with van der Waals surface area (Å²) >= 11 is 0. The van der Waals surface area contributed by atoms with Crippen molar-refractivity contribution in [3.05, 3.63) is 66.2 Å². The Hall–Kier alpha value is -3.48. The van der Waals surface area contributed by atoms with Crippen molar-refractivity contribution in [1.29, 1.82) is 0 Å².